The van der Waals surface area contributed by atoms with Crippen LogP contribution in [-0.2, 0) is 22.1 Å². The SMILES string of the molecule is O=C(O)CC1COc2cc(O[C@@H]3CCc4c3ccc(C(F)(F)F)c4-c3ccc(OCC4CCOC4)cc3)ccc21. The highest BCUT2D eigenvalue weighted by Gasteiger charge is 2.38. The molecule has 1 saturated heterocycles. The predicted molar refractivity (Wildman–Crippen MR) is 140 cm³/mol. The minimum atomic E-state index is -4.51. The molecular weight excluding hydrogens is 525 g/mol. The van der Waals surface area contributed by atoms with E-state index in [4.69, 9.17) is 24.1 Å². The summed E-state index contributed by atoms with van der Waals surface area (Å²) >= 11 is 0. The molecule has 2 aliphatic heterocycles. The summed E-state index contributed by atoms with van der Waals surface area (Å²) in [5.74, 6) is 0.947. The summed E-state index contributed by atoms with van der Waals surface area (Å²) in [4.78, 5) is 11.1. The molecule has 1 aliphatic carbocycles. The Labute approximate surface area is 229 Å². The number of carboxylic acids is 1. The number of rotatable bonds is 8. The average molecular weight is 555 g/mol. The molecule has 0 aromatic heterocycles. The third-order valence-corrected chi connectivity index (χ3v) is 7.87. The van der Waals surface area contributed by atoms with E-state index >= 15 is 0 Å². The fraction of sp³-hybridized carbons (Fsp3) is 0.387. The quantitative estimate of drug-likeness (QED) is 0.330. The third kappa shape index (κ3) is 5.35. The number of carbonyl (C=O) groups is 1. The number of benzene rings is 3. The molecule has 40 heavy (non-hydrogen) atoms. The molecule has 9 heteroatoms. The maximum absolute atomic E-state index is 14.1. The van der Waals surface area contributed by atoms with Gasteiger partial charge in [-0.3, -0.25) is 4.79 Å². The third-order valence-electron chi connectivity index (χ3n) is 7.87. The molecule has 0 spiro atoms. The van der Waals surface area contributed by atoms with Gasteiger partial charge in [0.05, 0.1) is 31.8 Å². The highest BCUT2D eigenvalue weighted by molar-refractivity contribution is 5.75. The van der Waals surface area contributed by atoms with Gasteiger partial charge in [0.25, 0.3) is 0 Å². The first-order chi connectivity index (χ1) is 19.3. The Morgan fingerprint density at radius 2 is 1.75 bits per heavy atom. The zero-order valence-corrected chi connectivity index (χ0v) is 21.7. The lowest BCUT2D eigenvalue weighted by molar-refractivity contribution is -0.138. The molecule has 210 valence electrons. The molecule has 3 aromatic rings. The van der Waals surface area contributed by atoms with Crippen molar-refractivity contribution in [2.75, 3.05) is 26.4 Å². The Morgan fingerprint density at radius 1 is 0.975 bits per heavy atom. The number of hydrogen-bond donors (Lipinski definition) is 1. The molecule has 1 fully saturated rings. The number of ether oxygens (including phenoxy) is 4. The Kier molecular flexibility index (Phi) is 7.08. The van der Waals surface area contributed by atoms with Crippen molar-refractivity contribution in [1.82, 2.24) is 0 Å². The van der Waals surface area contributed by atoms with Crippen molar-refractivity contribution in [2.45, 2.75) is 43.9 Å². The van der Waals surface area contributed by atoms with E-state index in [1.165, 1.54) is 6.07 Å². The molecule has 3 atom stereocenters. The zero-order chi connectivity index (χ0) is 27.9. The standard InChI is InChI=1S/C31H29F3O6/c32-31(33,34)26-9-7-24-25(30(26)19-1-3-21(4-2-19)38-16-18-11-12-37-15-18)8-10-27(24)40-22-5-6-23-20(13-29(35)36)17-39-28(23)14-22/h1-7,9,14,18,20,27H,8,10-13,15-17H2,(H,35,36)/t18?,20?,27-/m1/s1. The van der Waals surface area contributed by atoms with Crippen LogP contribution in [0.1, 0.15) is 53.5 Å². The second-order valence-electron chi connectivity index (χ2n) is 10.6. The van der Waals surface area contributed by atoms with Gasteiger partial charge in [-0.15, -0.1) is 0 Å². The maximum Gasteiger partial charge on any atom is 0.417 e. The van der Waals surface area contributed by atoms with Crippen LogP contribution in [0.15, 0.2) is 54.6 Å². The van der Waals surface area contributed by atoms with E-state index in [0.29, 0.717) is 67.0 Å². The van der Waals surface area contributed by atoms with Crippen LogP contribution < -0.4 is 14.2 Å². The van der Waals surface area contributed by atoms with E-state index in [0.717, 1.165) is 30.2 Å². The van der Waals surface area contributed by atoms with E-state index in [9.17, 15) is 18.0 Å². The molecule has 3 aromatic carbocycles. The molecule has 6 rings (SSSR count). The van der Waals surface area contributed by atoms with Gasteiger partial charge in [-0.2, -0.15) is 13.2 Å². The van der Waals surface area contributed by atoms with Crippen LogP contribution in [0.5, 0.6) is 17.2 Å². The van der Waals surface area contributed by atoms with E-state index < -0.39 is 23.8 Å². The Hall–Kier alpha value is -3.72. The average Bonchev–Trinajstić information content (AvgIpc) is 3.68. The van der Waals surface area contributed by atoms with Gasteiger partial charge in [0, 0.05) is 30.1 Å². The summed E-state index contributed by atoms with van der Waals surface area (Å²) in [5, 5.41) is 9.13. The molecule has 2 heterocycles. The minimum absolute atomic E-state index is 0.0178. The predicted octanol–water partition coefficient (Wildman–Crippen LogP) is 6.80. The monoisotopic (exact) mass is 554 g/mol. The van der Waals surface area contributed by atoms with E-state index in [1.54, 1.807) is 36.4 Å². The smallest absolute Gasteiger partial charge is 0.417 e. The van der Waals surface area contributed by atoms with Gasteiger partial charge in [-0.1, -0.05) is 24.3 Å². The first-order valence-corrected chi connectivity index (χ1v) is 13.5. The van der Waals surface area contributed by atoms with Crippen molar-refractivity contribution < 1.29 is 42.0 Å². The Bertz CT molecular complexity index is 1400. The first kappa shape index (κ1) is 26.5. The highest BCUT2D eigenvalue weighted by atomic mass is 19.4. The van der Waals surface area contributed by atoms with E-state index in [-0.39, 0.29) is 17.9 Å². The minimum Gasteiger partial charge on any atom is -0.493 e. The number of alkyl halides is 3. The number of carboxylic acid groups (broad SMARTS) is 1. The number of aliphatic carboxylic acids is 1. The summed E-state index contributed by atoms with van der Waals surface area (Å²) in [6, 6.07) is 14.8. The largest absolute Gasteiger partial charge is 0.493 e. The summed E-state index contributed by atoms with van der Waals surface area (Å²) in [6.45, 7) is 2.20. The summed E-state index contributed by atoms with van der Waals surface area (Å²) in [5.41, 5.74) is 2.18. The van der Waals surface area contributed by atoms with Crippen molar-refractivity contribution in [3.05, 3.63) is 76.9 Å². The molecule has 1 N–H and O–H groups in total. The number of hydrogen-bond acceptors (Lipinski definition) is 5. The maximum atomic E-state index is 14.1. The Morgan fingerprint density at radius 3 is 2.48 bits per heavy atom. The van der Waals surface area contributed by atoms with Crippen LogP contribution in [0.3, 0.4) is 0 Å². The Balaban J connectivity index is 1.25. The summed E-state index contributed by atoms with van der Waals surface area (Å²) in [7, 11) is 0. The summed E-state index contributed by atoms with van der Waals surface area (Å²) in [6.07, 6.45) is -3.02. The van der Waals surface area contributed by atoms with Gasteiger partial charge in [-0.05, 0) is 65.8 Å². The summed E-state index contributed by atoms with van der Waals surface area (Å²) < 4.78 is 65.6. The molecule has 0 amide bonds. The van der Waals surface area contributed by atoms with Crippen molar-refractivity contribution in [3.63, 3.8) is 0 Å². The fourth-order valence-corrected chi connectivity index (χ4v) is 5.88. The van der Waals surface area contributed by atoms with Crippen LogP contribution in [-0.4, -0.2) is 37.5 Å². The molecular formula is C31H29F3O6. The molecule has 0 radical (unpaired) electrons. The van der Waals surface area contributed by atoms with Crippen LogP contribution in [0, 0.1) is 5.92 Å². The lowest BCUT2D eigenvalue weighted by Gasteiger charge is -2.20. The normalized spacial score (nSPS) is 21.5. The van der Waals surface area contributed by atoms with Crippen molar-refractivity contribution in [1.29, 1.82) is 0 Å². The topological polar surface area (TPSA) is 74.2 Å². The van der Waals surface area contributed by atoms with Gasteiger partial charge in [0.15, 0.2) is 0 Å². The molecule has 3 aliphatic rings. The lowest BCUT2D eigenvalue weighted by Crippen LogP contribution is -2.12. The van der Waals surface area contributed by atoms with Gasteiger partial charge < -0.3 is 24.1 Å². The highest BCUT2D eigenvalue weighted by Crippen LogP contribution is 2.47. The van der Waals surface area contributed by atoms with Gasteiger partial charge in [0.1, 0.15) is 23.4 Å². The fourth-order valence-electron chi connectivity index (χ4n) is 5.88. The second kappa shape index (κ2) is 10.7. The van der Waals surface area contributed by atoms with Crippen LogP contribution in [0.4, 0.5) is 13.2 Å². The number of halogens is 3. The molecule has 0 bridgehead atoms. The van der Waals surface area contributed by atoms with Gasteiger partial charge >= 0.3 is 12.1 Å². The molecule has 6 nitrogen and oxygen atoms in total. The second-order valence-corrected chi connectivity index (χ2v) is 10.6. The van der Waals surface area contributed by atoms with Crippen molar-refractivity contribution in [3.8, 4) is 28.4 Å². The van der Waals surface area contributed by atoms with E-state index in [1.807, 2.05) is 6.07 Å². The van der Waals surface area contributed by atoms with Crippen molar-refractivity contribution >= 4 is 5.97 Å². The molecule has 0 saturated carbocycles. The van der Waals surface area contributed by atoms with Crippen molar-refractivity contribution in [2.24, 2.45) is 5.92 Å². The van der Waals surface area contributed by atoms with Gasteiger partial charge in [0.2, 0.25) is 0 Å². The van der Waals surface area contributed by atoms with Crippen LogP contribution in [0.2, 0.25) is 0 Å². The lowest BCUT2D eigenvalue weighted by atomic mass is 9.91. The van der Waals surface area contributed by atoms with E-state index in [2.05, 4.69) is 0 Å². The van der Waals surface area contributed by atoms with Crippen LogP contribution in [0.25, 0.3) is 11.1 Å². The number of fused-ring (bicyclic) bond motifs is 2. The molecule has 2 unspecified atom stereocenters. The zero-order valence-electron chi connectivity index (χ0n) is 21.7. The first-order valence-electron chi connectivity index (χ1n) is 13.5. The van der Waals surface area contributed by atoms with Gasteiger partial charge in [-0.25, -0.2) is 0 Å². The van der Waals surface area contributed by atoms with Crippen LogP contribution >= 0.6 is 0 Å².